The standard InChI is InChI=1S/C17H19FN2O/c1-11-7-9-14(10-8-11)20-17(21)13(3)19-16-6-4-5-15(18)12(16)2/h4-10,13,19H,1-3H3,(H,20,21). The third-order valence-corrected chi connectivity index (χ3v) is 3.35. The minimum absolute atomic E-state index is 0.164. The summed E-state index contributed by atoms with van der Waals surface area (Å²) in [5.74, 6) is -0.450. The van der Waals surface area contributed by atoms with Crippen molar-refractivity contribution in [1.29, 1.82) is 0 Å². The summed E-state index contributed by atoms with van der Waals surface area (Å²) in [4.78, 5) is 12.1. The van der Waals surface area contributed by atoms with E-state index in [2.05, 4.69) is 10.6 Å². The minimum Gasteiger partial charge on any atom is -0.374 e. The molecule has 3 nitrogen and oxygen atoms in total. The molecule has 0 heterocycles. The first kappa shape index (κ1) is 15.0. The Hall–Kier alpha value is -2.36. The number of halogens is 1. The Bertz CT molecular complexity index is 638. The van der Waals surface area contributed by atoms with E-state index in [-0.39, 0.29) is 11.7 Å². The molecule has 0 aliphatic carbocycles. The van der Waals surface area contributed by atoms with Crippen molar-refractivity contribution in [2.45, 2.75) is 26.8 Å². The number of hydrogen-bond donors (Lipinski definition) is 2. The molecule has 2 aromatic rings. The SMILES string of the molecule is Cc1ccc(NC(=O)C(C)Nc2cccc(F)c2C)cc1. The highest BCUT2D eigenvalue weighted by atomic mass is 19.1. The van der Waals surface area contributed by atoms with Crippen LogP contribution in [0.5, 0.6) is 0 Å². The van der Waals surface area contributed by atoms with Crippen LogP contribution in [-0.2, 0) is 4.79 Å². The van der Waals surface area contributed by atoms with Crippen molar-refractivity contribution in [2.75, 3.05) is 10.6 Å². The zero-order valence-corrected chi connectivity index (χ0v) is 12.4. The second kappa shape index (κ2) is 6.39. The average Bonchev–Trinajstić information content (AvgIpc) is 2.46. The highest BCUT2D eigenvalue weighted by molar-refractivity contribution is 5.96. The van der Waals surface area contributed by atoms with Gasteiger partial charge in [0.25, 0.3) is 0 Å². The van der Waals surface area contributed by atoms with E-state index in [1.54, 1.807) is 26.0 Å². The predicted octanol–water partition coefficient (Wildman–Crippen LogP) is 3.88. The van der Waals surface area contributed by atoms with Gasteiger partial charge in [0.2, 0.25) is 5.91 Å². The van der Waals surface area contributed by atoms with Crippen molar-refractivity contribution in [1.82, 2.24) is 0 Å². The number of hydrogen-bond acceptors (Lipinski definition) is 2. The molecule has 1 atom stereocenters. The van der Waals surface area contributed by atoms with Gasteiger partial charge in [-0.3, -0.25) is 4.79 Å². The van der Waals surface area contributed by atoms with Gasteiger partial charge in [0.1, 0.15) is 11.9 Å². The van der Waals surface area contributed by atoms with Crippen LogP contribution < -0.4 is 10.6 Å². The van der Waals surface area contributed by atoms with E-state index in [0.29, 0.717) is 11.3 Å². The highest BCUT2D eigenvalue weighted by Crippen LogP contribution is 2.18. The number of amides is 1. The van der Waals surface area contributed by atoms with Gasteiger partial charge in [0, 0.05) is 16.9 Å². The Morgan fingerprint density at radius 1 is 1.10 bits per heavy atom. The zero-order valence-electron chi connectivity index (χ0n) is 12.4. The topological polar surface area (TPSA) is 41.1 Å². The minimum atomic E-state index is -0.466. The van der Waals surface area contributed by atoms with Crippen LogP contribution in [-0.4, -0.2) is 11.9 Å². The van der Waals surface area contributed by atoms with E-state index >= 15 is 0 Å². The summed E-state index contributed by atoms with van der Waals surface area (Å²) in [7, 11) is 0. The quantitative estimate of drug-likeness (QED) is 0.895. The largest absolute Gasteiger partial charge is 0.374 e. The van der Waals surface area contributed by atoms with Crippen LogP contribution in [0.15, 0.2) is 42.5 Å². The lowest BCUT2D eigenvalue weighted by Crippen LogP contribution is -2.32. The van der Waals surface area contributed by atoms with Gasteiger partial charge >= 0.3 is 0 Å². The molecule has 0 aliphatic heterocycles. The first-order valence-electron chi connectivity index (χ1n) is 6.86. The van der Waals surface area contributed by atoms with Crippen LogP contribution in [0.25, 0.3) is 0 Å². The van der Waals surface area contributed by atoms with Gasteiger partial charge in [-0.1, -0.05) is 23.8 Å². The molecule has 2 N–H and O–H groups in total. The van der Waals surface area contributed by atoms with Crippen LogP contribution in [0.1, 0.15) is 18.1 Å². The number of carbonyl (C=O) groups excluding carboxylic acids is 1. The Kier molecular flexibility index (Phi) is 4.58. The Balaban J connectivity index is 2.02. The maximum absolute atomic E-state index is 13.5. The normalized spacial score (nSPS) is 11.8. The lowest BCUT2D eigenvalue weighted by Gasteiger charge is -2.17. The van der Waals surface area contributed by atoms with Crippen LogP contribution in [0.3, 0.4) is 0 Å². The molecule has 21 heavy (non-hydrogen) atoms. The van der Waals surface area contributed by atoms with E-state index in [4.69, 9.17) is 0 Å². The molecule has 0 fully saturated rings. The van der Waals surface area contributed by atoms with Crippen LogP contribution in [0.2, 0.25) is 0 Å². The van der Waals surface area contributed by atoms with E-state index in [9.17, 15) is 9.18 Å². The van der Waals surface area contributed by atoms with Crippen LogP contribution in [0.4, 0.5) is 15.8 Å². The average molecular weight is 286 g/mol. The van der Waals surface area contributed by atoms with Gasteiger partial charge in [-0.25, -0.2) is 4.39 Å². The number of carbonyl (C=O) groups is 1. The fourth-order valence-corrected chi connectivity index (χ4v) is 1.95. The van der Waals surface area contributed by atoms with Gasteiger partial charge in [-0.2, -0.15) is 0 Å². The molecule has 0 saturated heterocycles. The smallest absolute Gasteiger partial charge is 0.246 e. The molecule has 1 amide bonds. The van der Waals surface area contributed by atoms with Gasteiger partial charge < -0.3 is 10.6 Å². The Morgan fingerprint density at radius 3 is 2.43 bits per heavy atom. The molecule has 1 unspecified atom stereocenters. The number of nitrogens with one attached hydrogen (secondary N) is 2. The molecule has 0 aliphatic rings. The number of benzene rings is 2. The maximum Gasteiger partial charge on any atom is 0.246 e. The van der Waals surface area contributed by atoms with E-state index < -0.39 is 6.04 Å². The van der Waals surface area contributed by atoms with E-state index in [0.717, 1.165) is 11.3 Å². The van der Waals surface area contributed by atoms with Crippen molar-refractivity contribution in [3.05, 3.63) is 59.4 Å². The highest BCUT2D eigenvalue weighted by Gasteiger charge is 2.14. The fraction of sp³-hybridized carbons (Fsp3) is 0.235. The summed E-state index contributed by atoms with van der Waals surface area (Å²) in [6.07, 6.45) is 0. The van der Waals surface area contributed by atoms with Gasteiger partial charge in [-0.05, 0) is 45.0 Å². The van der Waals surface area contributed by atoms with Gasteiger partial charge in [0.05, 0.1) is 0 Å². The maximum atomic E-state index is 13.5. The summed E-state index contributed by atoms with van der Waals surface area (Å²) in [5.41, 5.74) is 3.01. The number of rotatable bonds is 4. The molecule has 110 valence electrons. The molecular formula is C17H19FN2O. The summed E-state index contributed by atoms with van der Waals surface area (Å²) in [5, 5.41) is 5.86. The first-order valence-corrected chi connectivity index (χ1v) is 6.86. The van der Waals surface area contributed by atoms with E-state index in [1.807, 2.05) is 31.2 Å². The molecule has 0 aromatic heterocycles. The fourth-order valence-electron chi connectivity index (χ4n) is 1.95. The summed E-state index contributed by atoms with van der Waals surface area (Å²) >= 11 is 0. The first-order chi connectivity index (χ1) is 9.97. The van der Waals surface area contributed by atoms with Crippen LogP contribution in [0, 0.1) is 19.7 Å². The number of anilines is 2. The third kappa shape index (κ3) is 3.81. The predicted molar refractivity (Wildman–Crippen MR) is 84.0 cm³/mol. The van der Waals surface area contributed by atoms with Crippen LogP contribution >= 0.6 is 0 Å². The molecule has 0 saturated carbocycles. The summed E-state index contributed by atoms with van der Waals surface area (Å²) < 4.78 is 13.5. The van der Waals surface area contributed by atoms with Gasteiger partial charge in [0.15, 0.2) is 0 Å². The summed E-state index contributed by atoms with van der Waals surface area (Å²) in [6, 6.07) is 11.9. The van der Waals surface area contributed by atoms with Gasteiger partial charge in [-0.15, -0.1) is 0 Å². The van der Waals surface area contributed by atoms with Crippen molar-refractivity contribution >= 4 is 17.3 Å². The lowest BCUT2D eigenvalue weighted by molar-refractivity contribution is -0.116. The van der Waals surface area contributed by atoms with Crippen molar-refractivity contribution in [3.8, 4) is 0 Å². The van der Waals surface area contributed by atoms with Crippen molar-refractivity contribution in [3.63, 3.8) is 0 Å². The third-order valence-electron chi connectivity index (χ3n) is 3.35. The Morgan fingerprint density at radius 2 is 1.76 bits per heavy atom. The van der Waals surface area contributed by atoms with Crippen molar-refractivity contribution in [2.24, 2.45) is 0 Å². The zero-order chi connectivity index (χ0) is 15.4. The second-order valence-corrected chi connectivity index (χ2v) is 5.13. The van der Waals surface area contributed by atoms with Crippen molar-refractivity contribution < 1.29 is 9.18 Å². The van der Waals surface area contributed by atoms with E-state index in [1.165, 1.54) is 6.07 Å². The second-order valence-electron chi connectivity index (χ2n) is 5.13. The Labute approximate surface area is 124 Å². The molecular weight excluding hydrogens is 267 g/mol. The molecule has 4 heteroatoms. The molecule has 0 spiro atoms. The molecule has 2 aromatic carbocycles. The monoisotopic (exact) mass is 286 g/mol. The lowest BCUT2D eigenvalue weighted by atomic mass is 10.1. The number of aryl methyl sites for hydroxylation is 1. The molecule has 0 radical (unpaired) electrons. The molecule has 0 bridgehead atoms. The molecule has 2 rings (SSSR count). The summed E-state index contributed by atoms with van der Waals surface area (Å²) in [6.45, 7) is 5.42.